The molecule has 4 heteroatoms. The monoisotopic (exact) mass is 236 g/mol. The first-order chi connectivity index (χ1) is 7.79. The average molecular weight is 236 g/mol. The molecule has 0 aliphatic rings. The Morgan fingerprint density at radius 1 is 1.44 bits per heavy atom. The van der Waals surface area contributed by atoms with Crippen molar-refractivity contribution in [2.45, 2.75) is 26.8 Å². The van der Waals surface area contributed by atoms with Crippen molar-refractivity contribution in [3.8, 4) is 11.5 Å². The second kappa shape index (κ2) is 5.27. The molecule has 0 amide bonds. The molecule has 2 rings (SSSR count). The molecular weight excluding hydrogens is 220 g/mol. The van der Waals surface area contributed by atoms with Gasteiger partial charge in [-0.05, 0) is 32.0 Å². The number of aromatic nitrogens is 1. The summed E-state index contributed by atoms with van der Waals surface area (Å²) in [6, 6.07) is 3.93. The van der Waals surface area contributed by atoms with E-state index in [4.69, 9.17) is 4.42 Å². The lowest BCUT2D eigenvalue weighted by molar-refractivity contribution is 0.546. The standard InChI is InChI=1S/C12H16N2OS/c1-3-6-13-7-12-14-10(8-16-12)11-5-4-9(2)15-11/h4-5,8,13H,3,6-7H2,1-2H3. The molecule has 16 heavy (non-hydrogen) atoms. The highest BCUT2D eigenvalue weighted by atomic mass is 32.1. The van der Waals surface area contributed by atoms with Crippen LogP contribution in [0.15, 0.2) is 21.9 Å². The Morgan fingerprint density at radius 2 is 2.31 bits per heavy atom. The Balaban J connectivity index is 2.02. The molecule has 2 heterocycles. The number of hydrogen-bond donors (Lipinski definition) is 1. The molecule has 86 valence electrons. The molecule has 3 nitrogen and oxygen atoms in total. The molecule has 0 spiro atoms. The van der Waals surface area contributed by atoms with Crippen molar-refractivity contribution in [1.29, 1.82) is 0 Å². The van der Waals surface area contributed by atoms with E-state index in [0.717, 1.165) is 41.7 Å². The van der Waals surface area contributed by atoms with Gasteiger partial charge in [-0.1, -0.05) is 6.92 Å². The highest BCUT2D eigenvalue weighted by molar-refractivity contribution is 7.09. The molecule has 1 N–H and O–H groups in total. The lowest BCUT2D eigenvalue weighted by Crippen LogP contribution is -2.13. The van der Waals surface area contributed by atoms with Crippen molar-refractivity contribution >= 4 is 11.3 Å². The zero-order valence-corrected chi connectivity index (χ0v) is 10.4. The fourth-order valence-corrected chi connectivity index (χ4v) is 2.20. The normalized spacial score (nSPS) is 10.9. The van der Waals surface area contributed by atoms with Gasteiger partial charge in [-0.25, -0.2) is 4.98 Å². The molecule has 0 fully saturated rings. The van der Waals surface area contributed by atoms with Crippen LogP contribution in [0.5, 0.6) is 0 Å². The van der Waals surface area contributed by atoms with Crippen molar-refractivity contribution < 1.29 is 4.42 Å². The maximum atomic E-state index is 5.53. The summed E-state index contributed by atoms with van der Waals surface area (Å²) in [5.74, 6) is 1.78. The summed E-state index contributed by atoms with van der Waals surface area (Å²) in [5.41, 5.74) is 0.936. The Kier molecular flexibility index (Phi) is 3.74. The van der Waals surface area contributed by atoms with Crippen LogP contribution in [0.2, 0.25) is 0 Å². The summed E-state index contributed by atoms with van der Waals surface area (Å²) in [6.45, 7) is 5.98. The minimum atomic E-state index is 0.845. The van der Waals surface area contributed by atoms with Gasteiger partial charge in [0.1, 0.15) is 16.5 Å². The lowest BCUT2D eigenvalue weighted by Gasteiger charge is -1.97. The van der Waals surface area contributed by atoms with Gasteiger partial charge in [-0.15, -0.1) is 11.3 Å². The van der Waals surface area contributed by atoms with E-state index in [9.17, 15) is 0 Å². The molecule has 0 atom stereocenters. The number of furan rings is 1. The van der Waals surface area contributed by atoms with Crippen molar-refractivity contribution in [1.82, 2.24) is 10.3 Å². The second-order valence-corrected chi connectivity index (χ2v) is 4.66. The van der Waals surface area contributed by atoms with E-state index in [1.165, 1.54) is 0 Å². The van der Waals surface area contributed by atoms with Crippen molar-refractivity contribution in [2.75, 3.05) is 6.54 Å². The molecule has 0 aliphatic carbocycles. The third-order valence-electron chi connectivity index (χ3n) is 2.25. The van der Waals surface area contributed by atoms with Gasteiger partial charge in [0.2, 0.25) is 0 Å². The number of rotatable bonds is 5. The number of nitrogens with one attached hydrogen (secondary N) is 1. The van der Waals surface area contributed by atoms with E-state index < -0.39 is 0 Å². The first-order valence-corrected chi connectivity index (χ1v) is 6.39. The van der Waals surface area contributed by atoms with E-state index >= 15 is 0 Å². The third kappa shape index (κ3) is 2.71. The van der Waals surface area contributed by atoms with Crippen molar-refractivity contribution in [3.05, 3.63) is 28.3 Å². The van der Waals surface area contributed by atoms with Crippen LogP contribution < -0.4 is 5.32 Å². The SMILES string of the molecule is CCCNCc1nc(-c2ccc(C)o2)cs1. The van der Waals surface area contributed by atoms with E-state index in [1.807, 2.05) is 24.4 Å². The van der Waals surface area contributed by atoms with Crippen LogP contribution in [0.3, 0.4) is 0 Å². The van der Waals surface area contributed by atoms with Gasteiger partial charge in [0.25, 0.3) is 0 Å². The Morgan fingerprint density at radius 3 is 3.00 bits per heavy atom. The van der Waals surface area contributed by atoms with Crippen LogP contribution in [0.25, 0.3) is 11.5 Å². The van der Waals surface area contributed by atoms with Crippen molar-refractivity contribution in [2.24, 2.45) is 0 Å². The van der Waals surface area contributed by atoms with Crippen LogP contribution in [0.1, 0.15) is 24.1 Å². The summed E-state index contributed by atoms with van der Waals surface area (Å²) >= 11 is 1.67. The Hall–Kier alpha value is -1.13. The molecule has 0 saturated carbocycles. The maximum Gasteiger partial charge on any atom is 0.153 e. The minimum absolute atomic E-state index is 0.845. The lowest BCUT2D eigenvalue weighted by atomic mass is 10.3. The first kappa shape index (κ1) is 11.4. The molecule has 0 aliphatic heterocycles. The van der Waals surface area contributed by atoms with Gasteiger partial charge in [0.15, 0.2) is 5.76 Å². The molecular formula is C12H16N2OS. The second-order valence-electron chi connectivity index (χ2n) is 3.71. The van der Waals surface area contributed by atoms with Gasteiger partial charge in [0, 0.05) is 11.9 Å². The predicted molar refractivity (Wildman–Crippen MR) is 66.6 cm³/mol. The first-order valence-electron chi connectivity index (χ1n) is 5.51. The van der Waals surface area contributed by atoms with E-state index in [2.05, 4.69) is 17.2 Å². The predicted octanol–water partition coefficient (Wildman–Crippen LogP) is 3.21. The van der Waals surface area contributed by atoms with Crippen LogP contribution in [0.4, 0.5) is 0 Å². The highest BCUT2D eigenvalue weighted by Crippen LogP contribution is 2.23. The van der Waals surface area contributed by atoms with Crippen LogP contribution in [0, 0.1) is 6.92 Å². The van der Waals surface area contributed by atoms with Gasteiger partial charge < -0.3 is 9.73 Å². The summed E-state index contributed by atoms with van der Waals surface area (Å²) in [4.78, 5) is 4.53. The van der Waals surface area contributed by atoms with Crippen LogP contribution >= 0.6 is 11.3 Å². The maximum absolute atomic E-state index is 5.53. The quantitative estimate of drug-likeness (QED) is 0.810. The topological polar surface area (TPSA) is 38.1 Å². The fourth-order valence-electron chi connectivity index (χ4n) is 1.45. The summed E-state index contributed by atoms with van der Waals surface area (Å²) in [5, 5.41) is 6.49. The van der Waals surface area contributed by atoms with Gasteiger partial charge >= 0.3 is 0 Å². The van der Waals surface area contributed by atoms with E-state index in [-0.39, 0.29) is 0 Å². The average Bonchev–Trinajstić information content (AvgIpc) is 2.87. The number of nitrogens with zero attached hydrogens (tertiary/aromatic N) is 1. The summed E-state index contributed by atoms with van der Waals surface area (Å²) in [6.07, 6.45) is 1.15. The third-order valence-corrected chi connectivity index (χ3v) is 3.10. The van der Waals surface area contributed by atoms with Gasteiger partial charge in [0.05, 0.1) is 0 Å². The molecule has 0 bridgehead atoms. The Bertz CT molecular complexity index is 447. The van der Waals surface area contributed by atoms with Crippen LogP contribution in [-0.2, 0) is 6.54 Å². The number of thiazole rings is 1. The van der Waals surface area contributed by atoms with Gasteiger partial charge in [-0.3, -0.25) is 0 Å². The zero-order valence-electron chi connectivity index (χ0n) is 9.62. The number of aryl methyl sites for hydroxylation is 1. The fraction of sp³-hybridized carbons (Fsp3) is 0.417. The largest absolute Gasteiger partial charge is 0.460 e. The minimum Gasteiger partial charge on any atom is -0.460 e. The molecule has 2 aromatic heterocycles. The highest BCUT2D eigenvalue weighted by Gasteiger charge is 2.07. The molecule has 0 saturated heterocycles. The molecule has 0 radical (unpaired) electrons. The summed E-state index contributed by atoms with van der Waals surface area (Å²) < 4.78 is 5.53. The van der Waals surface area contributed by atoms with E-state index in [1.54, 1.807) is 11.3 Å². The van der Waals surface area contributed by atoms with E-state index in [0.29, 0.717) is 0 Å². The summed E-state index contributed by atoms with van der Waals surface area (Å²) in [7, 11) is 0. The molecule has 0 aromatic carbocycles. The Labute approximate surface area is 99.5 Å². The van der Waals surface area contributed by atoms with Gasteiger partial charge in [-0.2, -0.15) is 0 Å². The molecule has 2 aromatic rings. The molecule has 0 unspecified atom stereocenters. The zero-order chi connectivity index (χ0) is 11.4. The smallest absolute Gasteiger partial charge is 0.153 e. The van der Waals surface area contributed by atoms with Crippen molar-refractivity contribution in [3.63, 3.8) is 0 Å². The number of hydrogen-bond acceptors (Lipinski definition) is 4. The van der Waals surface area contributed by atoms with Crippen LogP contribution in [-0.4, -0.2) is 11.5 Å².